The average molecular weight is 500 g/mol. The molecule has 2 aliphatic rings. The molecule has 1 aromatic carbocycles. The summed E-state index contributed by atoms with van der Waals surface area (Å²) in [5.74, 6) is 0.288. The van der Waals surface area contributed by atoms with Crippen LogP contribution in [0.4, 0.5) is 18.9 Å². The lowest BCUT2D eigenvalue weighted by Gasteiger charge is -2.34. The fourth-order valence-electron chi connectivity index (χ4n) is 4.33. The van der Waals surface area contributed by atoms with Gasteiger partial charge in [0.15, 0.2) is 0 Å². The van der Waals surface area contributed by atoms with Crippen molar-refractivity contribution in [1.82, 2.24) is 9.80 Å². The summed E-state index contributed by atoms with van der Waals surface area (Å²) < 4.78 is 43.8. The number of hydrogen-bond acceptors (Lipinski definition) is 5. The number of nitrogens with one attached hydrogen (secondary N) is 1. The fourth-order valence-corrected chi connectivity index (χ4v) is 4.33. The predicted molar refractivity (Wildman–Crippen MR) is 126 cm³/mol. The Bertz CT molecular complexity index is 891. The Balaban J connectivity index is 1.82. The van der Waals surface area contributed by atoms with Crippen LogP contribution >= 0.6 is 0 Å². The van der Waals surface area contributed by atoms with Crippen LogP contribution in [0.1, 0.15) is 45.1 Å². The van der Waals surface area contributed by atoms with Gasteiger partial charge < -0.3 is 25.0 Å². The van der Waals surface area contributed by atoms with Crippen molar-refractivity contribution in [2.24, 2.45) is 11.8 Å². The number of amides is 2. The molecule has 35 heavy (non-hydrogen) atoms. The highest BCUT2D eigenvalue weighted by molar-refractivity contribution is 5.91. The van der Waals surface area contributed by atoms with E-state index in [-0.39, 0.29) is 37.0 Å². The van der Waals surface area contributed by atoms with E-state index >= 15 is 0 Å². The number of nitrogens with zero attached hydrogens (tertiary/aromatic N) is 2. The van der Waals surface area contributed by atoms with Gasteiger partial charge in [-0.1, -0.05) is 6.92 Å². The topological polar surface area (TPSA) is 82.1 Å². The third-order valence-electron chi connectivity index (χ3n) is 6.59. The molecule has 0 unspecified atom stereocenters. The van der Waals surface area contributed by atoms with Crippen LogP contribution < -0.4 is 10.1 Å². The number of hydrogen-bond donors (Lipinski definition) is 2. The van der Waals surface area contributed by atoms with Gasteiger partial charge in [-0.25, -0.2) is 0 Å². The van der Waals surface area contributed by atoms with Crippen LogP contribution in [0.2, 0.25) is 0 Å². The lowest BCUT2D eigenvalue weighted by Crippen LogP contribution is -2.47. The van der Waals surface area contributed by atoms with Gasteiger partial charge in [0, 0.05) is 43.2 Å². The number of aliphatic hydroxyl groups excluding tert-OH is 1. The molecule has 10 heteroatoms. The molecule has 0 radical (unpaired) electrons. The first-order valence-electron chi connectivity index (χ1n) is 12.2. The number of halogens is 3. The molecule has 2 N–H and O–H groups in total. The number of ether oxygens (including phenoxy) is 1. The van der Waals surface area contributed by atoms with Crippen molar-refractivity contribution in [3.63, 3.8) is 0 Å². The number of anilines is 1. The zero-order chi connectivity index (χ0) is 25.8. The van der Waals surface area contributed by atoms with Crippen LogP contribution in [0.5, 0.6) is 5.75 Å². The first-order valence-corrected chi connectivity index (χ1v) is 12.2. The van der Waals surface area contributed by atoms with Crippen LogP contribution in [0.25, 0.3) is 0 Å². The van der Waals surface area contributed by atoms with Crippen molar-refractivity contribution in [1.29, 1.82) is 0 Å². The molecule has 0 spiro atoms. The fraction of sp³-hybridized carbons (Fsp3) is 0.680. The van der Waals surface area contributed by atoms with Crippen molar-refractivity contribution in [2.75, 3.05) is 38.6 Å². The van der Waals surface area contributed by atoms with Gasteiger partial charge in [-0.05, 0) is 50.9 Å². The van der Waals surface area contributed by atoms with E-state index in [1.54, 1.807) is 30.0 Å². The van der Waals surface area contributed by atoms with Gasteiger partial charge in [0.1, 0.15) is 11.9 Å². The molecule has 0 aromatic heterocycles. The summed E-state index contributed by atoms with van der Waals surface area (Å²) >= 11 is 0. The van der Waals surface area contributed by atoms with Gasteiger partial charge in [0.25, 0.3) is 0 Å². The first-order chi connectivity index (χ1) is 16.4. The first kappa shape index (κ1) is 27.3. The molecule has 3 rings (SSSR count). The minimum atomic E-state index is -4.41. The van der Waals surface area contributed by atoms with E-state index in [9.17, 15) is 27.9 Å². The third kappa shape index (κ3) is 8.38. The van der Waals surface area contributed by atoms with E-state index in [0.717, 1.165) is 12.5 Å². The number of likely N-dealkylation sites (N-methyl/N-ethyl adjacent to an activating group) is 1. The standard InChI is InChI=1S/C25H36F3N3O4/c1-16-12-31(17(2)15-32)24(34)11-19-10-20(29-23(33)8-9-25(26,27)28)6-7-21(19)35-22(16)14-30(3)13-18-4-5-18/h6-7,10,16-18,22,32H,4-5,8-9,11-15H2,1-3H3,(H,29,33)/t16-,17-,22-/m1/s1. The summed E-state index contributed by atoms with van der Waals surface area (Å²) in [6, 6.07) is 4.45. The minimum absolute atomic E-state index is 0.0106. The summed E-state index contributed by atoms with van der Waals surface area (Å²) in [5.41, 5.74) is 0.853. The lowest BCUT2D eigenvalue weighted by atomic mass is 10.0. The number of fused-ring (bicyclic) bond motifs is 1. The van der Waals surface area contributed by atoms with Crippen LogP contribution in [0.3, 0.4) is 0 Å². The number of aliphatic hydroxyl groups is 1. The van der Waals surface area contributed by atoms with E-state index < -0.39 is 24.9 Å². The van der Waals surface area contributed by atoms with Crippen LogP contribution in [-0.4, -0.2) is 78.3 Å². The number of rotatable bonds is 9. The molecule has 0 saturated heterocycles. The quantitative estimate of drug-likeness (QED) is 0.544. The van der Waals surface area contributed by atoms with Crippen molar-refractivity contribution >= 4 is 17.5 Å². The monoisotopic (exact) mass is 499 g/mol. The van der Waals surface area contributed by atoms with E-state index in [0.29, 0.717) is 30.1 Å². The van der Waals surface area contributed by atoms with Crippen LogP contribution in [0.15, 0.2) is 18.2 Å². The van der Waals surface area contributed by atoms with Gasteiger partial charge in [-0.3, -0.25) is 9.59 Å². The highest BCUT2D eigenvalue weighted by Crippen LogP contribution is 2.32. The Morgan fingerprint density at radius 1 is 1.31 bits per heavy atom. The predicted octanol–water partition coefficient (Wildman–Crippen LogP) is 3.46. The number of carbonyl (C=O) groups excluding carboxylic acids is 2. The second kappa shape index (κ2) is 11.6. The molecule has 1 heterocycles. The van der Waals surface area contributed by atoms with E-state index in [1.165, 1.54) is 12.8 Å². The molecule has 1 aliphatic carbocycles. The Hall–Kier alpha value is -2.33. The second-order valence-electron chi connectivity index (χ2n) is 10.0. The average Bonchev–Trinajstić information content (AvgIpc) is 3.58. The van der Waals surface area contributed by atoms with Crippen molar-refractivity contribution in [3.05, 3.63) is 23.8 Å². The minimum Gasteiger partial charge on any atom is -0.488 e. The maximum absolute atomic E-state index is 13.2. The lowest BCUT2D eigenvalue weighted by molar-refractivity contribution is -0.142. The molecule has 7 nitrogen and oxygen atoms in total. The van der Waals surface area contributed by atoms with Gasteiger partial charge >= 0.3 is 6.18 Å². The van der Waals surface area contributed by atoms with Crippen molar-refractivity contribution < 1.29 is 32.6 Å². The molecule has 1 aromatic rings. The van der Waals surface area contributed by atoms with E-state index in [4.69, 9.17) is 4.74 Å². The summed E-state index contributed by atoms with van der Waals surface area (Å²) in [6.45, 7) is 5.72. The second-order valence-corrected chi connectivity index (χ2v) is 10.0. The van der Waals surface area contributed by atoms with Gasteiger partial charge in [0.05, 0.1) is 25.5 Å². The Morgan fingerprint density at radius 3 is 2.66 bits per heavy atom. The Labute approximate surface area is 204 Å². The molecule has 1 aliphatic heterocycles. The largest absolute Gasteiger partial charge is 0.488 e. The highest BCUT2D eigenvalue weighted by atomic mass is 19.4. The van der Waals surface area contributed by atoms with Crippen molar-refractivity contribution in [2.45, 2.75) is 64.3 Å². The molecule has 2 amide bonds. The van der Waals surface area contributed by atoms with Crippen molar-refractivity contribution in [3.8, 4) is 5.75 Å². The maximum atomic E-state index is 13.2. The third-order valence-corrected chi connectivity index (χ3v) is 6.59. The smallest absolute Gasteiger partial charge is 0.389 e. The van der Waals surface area contributed by atoms with E-state index in [2.05, 4.69) is 17.3 Å². The zero-order valence-corrected chi connectivity index (χ0v) is 20.6. The summed E-state index contributed by atoms with van der Waals surface area (Å²) in [7, 11) is 2.06. The molecule has 0 bridgehead atoms. The zero-order valence-electron chi connectivity index (χ0n) is 20.6. The highest BCUT2D eigenvalue weighted by Gasteiger charge is 2.32. The Morgan fingerprint density at radius 2 is 2.03 bits per heavy atom. The molecular weight excluding hydrogens is 463 g/mol. The molecular formula is C25H36F3N3O4. The SMILES string of the molecule is C[C@@H]1CN([C@H](C)CO)C(=O)Cc2cc(NC(=O)CCC(F)(F)F)ccc2O[C@@H]1CN(C)CC1CC1. The van der Waals surface area contributed by atoms with E-state index in [1.807, 2.05) is 6.92 Å². The van der Waals surface area contributed by atoms with Gasteiger partial charge in [-0.2, -0.15) is 13.2 Å². The molecule has 196 valence electrons. The Kier molecular flexibility index (Phi) is 9.04. The number of alkyl halides is 3. The van der Waals surface area contributed by atoms with Crippen LogP contribution in [-0.2, 0) is 16.0 Å². The number of carbonyl (C=O) groups is 2. The maximum Gasteiger partial charge on any atom is 0.389 e. The molecule has 1 saturated carbocycles. The summed E-state index contributed by atoms with van der Waals surface area (Å²) in [6.07, 6.45) is -4.04. The molecule has 3 atom stereocenters. The summed E-state index contributed by atoms with van der Waals surface area (Å²) in [4.78, 5) is 29.1. The van der Waals surface area contributed by atoms with Crippen LogP contribution in [0, 0.1) is 11.8 Å². The summed E-state index contributed by atoms with van der Waals surface area (Å²) in [5, 5.41) is 12.2. The van der Waals surface area contributed by atoms with Gasteiger partial charge in [0.2, 0.25) is 11.8 Å². The number of benzene rings is 1. The molecule has 1 fully saturated rings. The normalized spacial score (nSPS) is 22.1. The van der Waals surface area contributed by atoms with Gasteiger partial charge in [-0.15, -0.1) is 0 Å².